The van der Waals surface area contributed by atoms with Crippen molar-refractivity contribution in [1.82, 2.24) is 40.4 Å². The molecule has 1 aliphatic rings. The van der Waals surface area contributed by atoms with Gasteiger partial charge in [0.15, 0.2) is 17.3 Å². The number of aliphatic carboxylic acids is 1. The summed E-state index contributed by atoms with van der Waals surface area (Å²) in [6.45, 7) is 4.94. The number of rotatable bonds is 11. The lowest BCUT2D eigenvalue weighted by atomic mass is 9.98. The number of benzene rings is 2. The molecule has 0 amide bonds. The molecule has 40 heavy (non-hydrogen) atoms. The third kappa shape index (κ3) is 5.35. The Morgan fingerprint density at radius 1 is 1.02 bits per heavy atom. The largest absolute Gasteiger partial charge is 0.491 e. The Balaban J connectivity index is 1.47. The van der Waals surface area contributed by atoms with Gasteiger partial charge < -0.3 is 19.6 Å². The monoisotopic (exact) mass is 540 g/mol. The van der Waals surface area contributed by atoms with E-state index in [1.165, 1.54) is 0 Å². The fraction of sp³-hybridized carbons (Fsp3) is 0.310. The molecular weight excluding hydrogens is 508 g/mol. The van der Waals surface area contributed by atoms with Gasteiger partial charge in [-0.2, -0.15) is 5.21 Å². The number of unbranched alkanes of at least 4 members (excludes halogenated alkanes) is 1. The molecule has 0 spiro atoms. The Morgan fingerprint density at radius 3 is 2.38 bits per heavy atom. The van der Waals surface area contributed by atoms with E-state index in [2.05, 4.69) is 37.5 Å². The molecule has 11 heteroatoms. The molecule has 0 fully saturated rings. The molecule has 0 aliphatic carbocycles. The highest BCUT2D eigenvalue weighted by atomic mass is 16.5. The van der Waals surface area contributed by atoms with E-state index in [0.717, 1.165) is 41.5 Å². The van der Waals surface area contributed by atoms with E-state index >= 15 is 0 Å². The topological polar surface area (TPSA) is 133 Å². The van der Waals surface area contributed by atoms with Gasteiger partial charge in [0.25, 0.3) is 0 Å². The van der Waals surface area contributed by atoms with Crippen LogP contribution in [0.25, 0.3) is 28.2 Å². The summed E-state index contributed by atoms with van der Waals surface area (Å²) in [6, 6.07) is 16.0. The molecule has 0 radical (unpaired) electrons. The first kappa shape index (κ1) is 26.8. The zero-order chi connectivity index (χ0) is 28.1. The molecule has 206 valence electrons. The lowest BCUT2D eigenvalue weighted by Crippen LogP contribution is -2.39. The molecule has 2 aromatic carbocycles. The molecule has 2 N–H and O–H groups in total. The van der Waals surface area contributed by atoms with Gasteiger partial charge in [-0.05, 0) is 41.7 Å². The zero-order valence-corrected chi connectivity index (χ0v) is 22.8. The van der Waals surface area contributed by atoms with Crippen molar-refractivity contribution in [3.8, 4) is 28.3 Å². The Bertz CT molecular complexity index is 1470. The van der Waals surface area contributed by atoms with E-state index in [1.807, 2.05) is 72.3 Å². The third-order valence-electron chi connectivity index (χ3n) is 6.97. The Morgan fingerprint density at radius 2 is 1.75 bits per heavy atom. The average Bonchev–Trinajstić information content (AvgIpc) is 3.60. The first-order valence-corrected chi connectivity index (χ1v) is 13.4. The van der Waals surface area contributed by atoms with Crippen LogP contribution in [0.2, 0.25) is 0 Å². The van der Waals surface area contributed by atoms with Crippen LogP contribution in [0.4, 0.5) is 0 Å². The van der Waals surface area contributed by atoms with Gasteiger partial charge in [0.1, 0.15) is 11.9 Å². The summed E-state index contributed by atoms with van der Waals surface area (Å²) in [5.74, 6) is 0.424. The summed E-state index contributed by atoms with van der Waals surface area (Å²) in [6.07, 6.45) is 5.79. The number of hydrogen-bond acceptors (Lipinski definition) is 9. The van der Waals surface area contributed by atoms with Crippen LogP contribution in [0.15, 0.2) is 66.6 Å². The van der Waals surface area contributed by atoms with Crippen LogP contribution in [-0.2, 0) is 11.3 Å². The van der Waals surface area contributed by atoms with Crippen LogP contribution >= 0.6 is 0 Å². The summed E-state index contributed by atoms with van der Waals surface area (Å²) in [5.41, 5.74) is 4.55. The fourth-order valence-electron chi connectivity index (χ4n) is 5.09. The van der Waals surface area contributed by atoms with Crippen LogP contribution < -0.4 is 4.74 Å². The second-order valence-corrected chi connectivity index (χ2v) is 9.52. The first-order chi connectivity index (χ1) is 19.5. The molecule has 11 nitrogen and oxygen atoms in total. The zero-order valence-electron chi connectivity index (χ0n) is 22.8. The van der Waals surface area contributed by atoms with Gasteiger partial charge in [0.2, 0.25) is 5.82 Å². The normalized spacial score (nSPS) is 15.1. The second-order valence-electron chi connectivity index (χ2n) is 9.52. The van der Waals surface area contributed by atoms with Gasteiger partial charge in [0.05, 0.1) is 19.0 Å². The summed E-state index contributed by atoms with van der Waals surface area (Å²) in [5, 5.41) is 24.8. The number of aromatic nitrogens is 6. The number of H-pyrrole nitrogens is 1. The number of hydrogen-bond donors (Lipinski definition) is 2. The van der Waals surface area contributed by atoms with Crippen molar-refractivity contribution < 1.29 is 14.6 Å². The lowest BCUT2D eigenvalue weighted by Gasteiger charge is -2.32. The third-order valence-corrected chi connectivity index (χ3v) is 6.97. The number of aromatic amines is 1. The van der Waals surface area contributed by atoms with Gasteiger partial charge in [-0.25, -0.2) is 14.8 Å². The maximum Gasteiger partial charge on any atom is 0.354 e. The van der Waals surface area contributed by atoms with Crippen LogP contribution in [-0.4, -0.2) is 71.3 Å². The van der Waals surface area contributed by atoms with Gasteiger partial charge in [0, 0.05) is 19.2 Å². The summed E-state index contributed by atoms with van der Waals surface area (Å²) < 4.78 is 5.48. The second kappa shape index (κ2) is 11.9. The summed E-state index contributed by atoms with van der Waals surface area (Å²) in [7, 11) is 1.91. The van der Waals surface area contributed by atoms with Crippen LogP contribution in [0.1, 0.15) is 44.5 Å². The molecule has 1 unspecified atom stereocenters. The SMILES string of the molecule is CCCCC1N(C)C(c2ncc(OCC)cn2)=C(C(=O)O)N1Cc1ccc(-c2ccccc2-c2nn[nH]n2)cc1. The van der Waals surface area contributed by atoms with Gasteiger partial charge in [-0.3, -0.25) is 0 Å². The van der Waals surface area contributed by atoms with E-state index in [9.17, 15) is 9.90 Å². The van der Waals surface area contributed by atoms with E-state index in [4.69, 9.17) is 4.74 Å². The molecule has 0 bridgehead atoms. The highest BCUT2D eigenvalue weighted by Crippen LogP contribution is 2.37. The number of carboxylic acids is 1. The summed E-state index contributed by atoms with van der Waals surface area (Å²) in [4.78, 5) is 25.5. The minimum Gasteiger partial charge on any atom is -0.491 e. The Labute approximate surface area is 232 Å². The van der Waals surface area contributed by atoms with E-state index in [1.54, 1.807) is 12.4 Å². The predicted octanol–water partition coefficient (Wildman–Crippen LogP) is 4.44. The Hall–Kier alpha value is -4.80. The quantitative estimate of drug-likeness (QED) is 0.281. The highest BCUT2D eigenvalue weighted by Gasteiger charge is 2.40. The molecule has 1 atom stereocenters. The van der Waals surface area contributed by atoms with Crippen molar-refractivity contribution in [1.29, 1.82) is 0 Å². The van der Waals surface area contributed by atoms with E-state index in [0.29, 0.717) is 36.2 Å². The van der Waals surface area contributed by atoms with Crippen LogP contribution in [0.3, 0.4) is 0 Å². The van der Waals surface area contributed by atoms with Crippen molar-refractivity contribution in [3.05, 3.63) is 78.0 Å². The molecule has 0 saturated heterocycles. The molecule has 2 aromatic heterocycles. The fourth-order valence-corrected chi connectivity index (χ4v) is 5.09. The predicted molar refractivity (Wildman–Crippen MR) is 149 cm³/mol. The molecular formula is C29H32N8O3. The average molecular weight is 541 g/mol. The van der Waals surface area contributed by atoms with Crippen LogP contribution in [0.5, 0.6) is 5.75 Å². The molecule has 3 heterocycles. The molecule has 4 aromatic rings. The number of nitrogens with one attached hydrogen (secondary N) is 1. The van der Waals surface area contributed by atoms with E-state index < -0.39 is 5.97 Å². The van der Waals surface area contributed by atoms with Gasteiger partial charge in [-0.1, -0.05) is 61.9 Å². The minimum atomic E-state index is -1.01. The van der Waals surface area contributed by atoms with Crippen molar-refractivity contribution in [2.24, 2.45) is 0 Å². The number of tetrazole rings is 1. The van der Waals surface area contributed by atoms with E-state index in [-0.39, 0.29) is 11.9 Å². The Kier molecular flexibility index (Phi) is 7.99. The van der Waals surface area contributed by atoms with Crippen molar-refractivity contribution in [2.45, 2.75) is 45.8 Å². The molecule has 5 rings (SSSR count). The summed E-state index contributed by atoms with van der Waals surface area (Å²) >= 11 is 0. The lowest BCUT2D eigenvalue weighted by molar-refractivity contribution is -0.134. The number of carboxylic acid groups (broad SMARTS) is 1. The van der Waals surface area contributed by atoms with Gasteiger partial charge >= 0.3 is 5.97 Å². The molecule has 1 aliphatic heterocycles. The minimum absolute atomic E-state index is 0.144. The smallest absolute Gasteiger partial charge is 0.354 e. The van der Waals surface area contributed by atoms with Crippen molar-refractivity contribution >= 4 is 11.7 Å². The van der Waals surface area contributed by atoms with Gasteiger partial charge in [-0.15, -0.1) is 10.2 Å². The number of carbonyl (C=O) groups is 1. The maximum atomic E-state index is 12.7. The first-order valence-electron chi connectivity index (χ1n) is 13.4. The standard InChI is InChI=1S/C29H32N8O3/c1-4-6-11-24-36(3)25(28-30-16-21(17-31-28)40-5-2)26(29(38)39)37(24)18-19-12-14-20(15-13-19)22-9-7-8-10-23(22)27-32-34-35-33-27/h7-10,12-17,24H,4-6,11,18H2,1-3H3,(H,38,39)(H,32,33,34,35). The van der Waals surface area contributed by atoms with Crippen molar-refractivity contribution in [3.63, 3.8) is 0 Å². The number of ether oxygens (including phenoxy) is 1. The molecule has 0 saturated carbocycles. The van der Waals surface area contributed by atoms with Crippen LogP contribution in [0, 0.1) is 0 Å². The maximum absolute atomic E-state index is 12.7. The van der Waals surface area contributed by atoms with Crippen molar-refractivity contribution in [2.75, 3.05) is 13.7 Å². The highest BCUT2D eigenvalue weighted by molar-refractivity contribution is 5.95. The number of nitrogens with zero attached hydrogens (tertiary/aromatic N) is 7.